The van der Waals surface area contributed by atoms with Crippen LogP contribution in [-0.2, 0) is 16.6 Å². The molecule has 0 bridgehead atoms. The highest BCUT2D eigenvalue weighted by Crippen LogP contribution is 2.05. The van der Waals surface area contributed by atoms with Gasteiger partial charge in [-0.3, -0.25) is 9.48 Å². The van der Waals surface area contributed by atoms with Gasteiger partial charge >= 0.3 is 0 Å². The highest BCUT2D eigenvalue weighted by molar-refractivity contribution is 5.90. The molecule has 5 heteroatoms. The number of aryl methyl sites for hydroxylation is 2. The fraction of sp³-hybridized carbons (Fsp3) is 0.500. The lowest BCUT2D eigenvalue weighted by Crippen LogP contribution is -2.17. The van der Waals surface area contributed by atoms with E-state index in [1.807, 2.05) is 14.0 Å². The van der Waals surface area contributed by atoms with Crippen LogP contribution >= 0.6 is 0 Å². The molecule has 0 spiro atoms. The summed E-state index contributed by atoms with van der Waals surface area (Å²) in [5.74, 6) is 0.364. The Balaban J connectivity index is 2.59. The summed E-state index contributed by atoms with van der Waals surface area (Å²) < 4.78 is 6.36. The SMILES string of the molecule is COCC(=O)Nc1cc(C)n(C)n1. The van der Waals surface area contributed by atoms with Gasteiger partial charge in [0.2, 0.25) is 0 Å². The van der Waals surface area contributed by atoms with Crippen molar-refractivity contribution in [1.82, 2.24) is 9.78 Å². The highest BCUT2D eigenvalue weighted by Gasteiger charge is 2.04. The quantitative estimate of drug-likeness (QED) is 0.734. The molecule has 0 atom stereocenters. The minimum Gasteiger partial charge on any atom is -0.375 e. The molecule has 1 aromatic rings. The number of methoxy groups -OCH3 is 1. The average Bonchev–Trinajstić information content (AvgIpc) is 2.31. The fourth-order valence-electron chi connectivity index (χ4n) is 0.932. The van der Waals surface area contributed by atoms with Crippen LogP contribution in [-0.4, -0.2) is 29.4 Å². The maximum atomic E-state index is 11.0. The van der Waals surface area contributed by atoms with Gasteiger partial charge in [-0.15, -0.1) is 0 Å². The van der Waals surface area contributed by atoms with Gasteiger partial charge in [0.15, 0.2) is 5.82 Å². The molecular weight excluding hydrogens is 170 g/mol. The van der Waals surface area contributed by atoms with Crippen LogP contribution in [0.4, 0.5) is 5.82 Å². The van der Waals surface area contributed by atoms with Crippen LogP contribution in [0.5, 0.6) is 0 Å². The minimum atomic E-state index is -0.194. The van der Waals surface area contributed by atoms with Crippen LogP contribution in [0.3, 0.4) is 0 Å². The zero-order valence-corrected chi connectivity index (χ0v) is 8.00. The first-order valence-corrected chi connectivity index (χ1v) is 3.93. The van der Waals surface area contributed by atoms with Crippen molar-refractivity contribution in [1.29, 1.82) is 0 Å². The summed E-state index contributed by atoms with van der Waals surface area (Å²) in [7, 11) is 3.30. The molecule has 5 nitrogen and oxygen atoms in total. The van der Waals surface area contributed by atoms with Gasteiger partial charge in [-0.05, 0) is 6.92 Å². The number of anilines is 1. The lowest BCUT2D eigenvalue weighted by Gasteiger charge is -1.98. The van der Waals surface area contributed by atoms with Crippen molar-refractivity contribution >= 4 is 11.7 Å². The van der Waals surface area contributed by atoms with E-state index in [1.165, 1.54) is 7.11 Å². The van der Waals surface area contributed by atoms with Gasteiger partial charge in [0.1, 0.15) is 6.61 Å². The molecule has 0 unspecified atom stereocenters. The second kappa shape index (κ2) is 4.04. The Labute approximate surface area is 76.7 Å². The van der Waals surface area contributed by atoms with Gasteiger partial charge in [-0.1, -0.05) is 0 Å². The third-order valence-corrected chi connectivity index (χ3v) is 1.66. The highest BCUT2D eigenvalue weighted by atomic mass is 16.5. The first kappa shape index (κ1) is 9.73. The number of hydrogen-bond acceptors (Lipinski definition) is 3. The number of hydrogen-bond donors (Lipinski definition) is 1. The molecule has 1 N–H and O–H groups in total. The molecule has 0 aromatic carbocycles. The summed E-state index contributed by atoms with van der Waals surface area (Å²) in [5.41, 5.74) is 0.993. The minimum absolute atomic E-state index is 0.0512. The molecule has 0 aliphatic rings. The van der Waals surface area contributed by atoms with Crippen LogP contribution in [0.25, 0.3) is 0 Å². The molecule has 72 valence electrons. The normalized spacial score (nSPS) is 10.1. The maximum absolute atomic E-state index is 11.0. The molecular formula is C8H13N3O2. The van der Waals surface area contributed by atoms with Crippen LogP contribution in [0.2, 0.25) is 0 Å². The van der Waals surface area contributed by atoms with Crippen LogP contribution in [0, 0.1) is 6.92 Å². The van der Waals surface area contributed by atoms with Gasteiger partial charge in [0.25, 0.3) is 5.91 Å². The van der Waals surface area contributed by atoms with Crippen molar-refractivity contribution in [2.24, 2.45) is 7.05 Å². The molecule has 0 fully saturated rings. The fourth-order valence-corrected chi connectivity index (χ4v) is 0.932. The van der Waals surface area contributed by atoms with Gasteiger partial charge in [-0.2, -0.15) is 5.10 Å². The molecule has 0 saturated carbocycles. The number of amides is 1. The van der Waals surface area contributed by atoms with Crippen LogP contribution in [0.15, 0.2) is 6.07 Å². The Bertz CT molecular complexity index is 287. The Morgan fingerprint density at radius 3 is 2.92 bits per heavy atom. The number of nitrogens with one attached hydrogen (secondary N) is 1. The molecule has 1 rings (SSSR count). The Hall–Kier alpha value is -1.36. The van der Waals surface area contributed by atoms with E-state index in [2.05, 4.69) is 15.2 Å². The standard InChI is InChI=1S/C8H13N3O2/c1-6-4-7(10-11(6)2)9-8(12)5-13-3/h4H,5H2,1-3H3,(H,9,10,12). The van der Waals surface area contributed by atoms with E-state index in [0.717, 1.165) is 5.69 Å². The Kier molecular flexibility index (Phi) is 3.02. The number of nitrogens with zero attached hydrogens (tertiary/aromatic N) is 2. The molecule has 0 aliphatic heterocycles. The molecule has 1 amide bonds. The number of aromatic nitrogens is 2. The predicted octanol–water partition coefficient (Wildman–Crippen LogP) is 0.313. The van der Waals surface area contributed by atoms with Crippen molar-refractivity contribution in [3.05, 3.63) is 11.8 Å². The lowest BCUT2D eigenvalue weighted by atomic mass is 10.4. The second-order valence-corrected chi connectivity index (χ2v) is 2.78. The topological polar surface area (TPSA) is 56.1 Å². The summed E-state index contributed by atoms with van der Waals surface area (Å²) >= 11 is 0. The maximum Gasteiger partial charge on any atom is 0.251 e. The summed E-state index contributed by atoms with van der Waals surface area (Å²) in [6.07, 6.45) is 0. The second-order valence-electron chi connectivity index (χ2n) is 2.78. The van der Waals surface area contributed by atoms with E-state index in [9.17, 15) is 4.79 Å². The Morgan fingerprint density at radius 2 is 2.46 bits per heavy atom. The summed E-state index contributed by atoms with van der Waals surface area (Å²) in [6, 6.07) is 1.80. The van der Waals surface area contributed by atoms with Gasteiger partial charge in [0.05, 0.1) is 0 Å². The first-order chi connectivity index (χ1) is 6.13. The lowest BCUT2D eigenvalue weighted by molar-refractivity contribution is -0.119. The van der Waals surface area contributed by atoms with Crippen molar-refractivity contribution in [3.8, 4) is 0 Å². The van der Waals surface area contributed by atoms with E-state index in [1.54, 1.807) is 10.7 Å². The smallest absolute Gasteiger partial charge is 0.251 e. The zero-order valence-electron chi connectivity index (χ0n) is 8.00. The monoisotopic (exact) mass is 183 g/mol. The molecule has 13 heavy (non-hydrogen) atoms. The van der Waals surface area contributed by atoms with Crippen LogP contribution in [0.1, 0.15) is 5.69 Å². The van der Waals surface area contributed by atoms with Gasteiger partial charge in [-0.25, -0.2) is 0 Å². The Morgan fingerprint density at radius 1 is 1.77 bits per heavy atom. The van der Waals surface area contributed by atoms with E-state index < -0.39 is 0 Å². The summed E-state index contributed by atoms with van der Waals surface area (Å²) in [5, 5.41) is 6.67. The van der Waals surface area contributed by atoms with Gasteiger partial charge in [0, 0.05) is 25.9 Å². The number of carbonyl (C=O) groups is 1. The van der Waals surface area contributed by atoms with Crippen molar-refractivity contribution < 1.29 is 9.53 Å². The first-order valence-electron chi connectivity index (χ1n) is 3.93. The third kappa shape index (κ3) is 2.55. The predicted molar refractivity (Wildman–Crippen MR) is 48.5 cm³/mol. The van der Waals surface area contributed by atoms with Crippen LogP contribution < -0.4 is 5.32 Å². The van der Waals surface area contributed by atoms with Gasteiger partial charge < -0.3 is 10.1 Å². The zero-order chi connectivity index (χ0) is 9.84. The van der Waals surface area contributed by atoms with Crippen molar-refractivity contribution in [2.75, 3.05) is 19.0 Å². The number of rotatable bonds is 3. The molecule has 1 heterocycles. The summed E-state index contributed by atoms with van der Waals surface area (Å²) in [6.45, 7) is 1.97. The van der Waals surface area contributed by atoms with E-state index in [0.29, 0.717) is 5.82 Å². The molecule has 1 aromatic heterocycles. The number of carbonyl (C=O) groups excluding carboxylic acids is 1. The van der Waals surface area contributed by atoms with E-state index in [-0.39, 0.29) is 12.5 Å². The molecule has 0 aliphatic carbocycles. The summed E-state index contributed by atoms with van der Waals surface area (Å²) in [4.78, 5) is 11.0. The molecule has 0 radical (unpaired) electrons. The molecule has 0 saturated heterocycles. The van der Waals surface area contributed by atoms with Crippen molar-refractivity contribution in [2.45, 2.75) is 6.92 Å². The van der Waals surface area contributed by atoms with E-state index >= 15 is 0 Å². The van der Waals surface area contributed by atoms with E-state index in [4.69, 9.17) is 0 Å². The number of ether oxygens (including phenoxy) is 1. The average molecular weight is 183 g/mol. The van der Waals surface area contributed by atoms with Crippen molar-refractivity contribution in [3.63, 3.8) is 0 Å². The third-order valence-electron chi connectivity index (χ3n) is 1.66. The largest absolute Gasteiger partial charge is 0.375 e.